The number of H-pyrrole nitrogens is 1. The van der Waals surface area contributed by atoms with Crippen LogP contribution in [0.25, 0.3) is 33.5 Å². The molecule has 16 heteroatoms. The van der Waals surface area contributed by atoms with Crippen molar-refractivity contribution in [3.05, 3.63) is 113 Å². The van der Waals surface area contributed by atoms with Crippen molar-refractivity contribution in [3.63, 3.8) is 0 Å². The summed E-state index contributed by atoms with van der Waals surface area (Å²) in [7, 11) is 0. The van der Waals surface area contributed by atoms with Gasteiger partial charge in [0.1, 0.15) is 18.0 Å². The van der Waals surface area contributed by atoms with E-state index in [4.69, 9.17) is 4.52 Å². The summed E-state index contributed by atoms with van der Waals surface area (Å²) in [5.41, 5.74) is 9.22. The number of piperidine rings is 2. The average molecular weight is 903 g/mol. The third-order valence-corrected chi connectivity index (χ3v) is 13.9. The summed E-state index contributed by atoms with van der Waals surface area (Å²) >= 11 is 0. The Bertz CT molecular complexity index is 2920. The van der Waals surface area contributed by atoms with Crippen molar-refractivity contribution in [2.24, 2.45) is 5.92 Å². The molecular formula is C51H54N10O6. The number of amides is 5. The first kappa shape index (κ1) is 43.8. The summed E-state index contributed by atoms with van der Waals surface area (Å²) in [6.45, 7) is 13.3. The quantitative estimate of drug-likeness (QED) is 0.110. The number of aromatic amines is 1. The van der Waals surface area contributed by atoms with E-state index >= 15 is 0 Å². The smallest absolute Gasteiger partial charge is 0.315 e. The van der Waals surface area contributed by atoms with E-state index in [1.165, 1.54) is 5.56 Å². The highest BCUT2D eigenvalue weighted by molar-refractivity contribution is 6.23. The number of carbonyl (C=O) groups excluding carboxylic acids is 5. The fourth-order valence-electron chi connectivity index (χ4n) is 9.89. The van der Waals surface area contributed by atoms with Gasteiger partial charge in [-0.2, -0.15) is 4.98 Å². The predicted molar refractivity (Wildman–Crippen MR) is 250 cm³/mol. The van der Waals surface area contributed by atoms with Gasteiger partial charge in [0.05, 0.1) is 16.8 Å². The average Bonchev–Trinajstić information content (AvgIpc) is 4.04. The maximum atomic E-state index is 13.3. The van der Waals surface area contributed by atoms with Crippen LogP contribution in [0.4, 0.5) is 5.69 Å². The first-order valence-electron chi connectivity index (χ1n) is 23.3. The van der Waals surface area contributed by atoms with Gasteiger partial charge in [-0.25, -0.2) is 9.97 Å². The van der Waals surface area contributed by atoms with Crippen LogP contribution in [0.2, 0.25) is 0 Å². The summed E-state index contributed by atoms with van der Waals surface area (Å²) in [5, 5.41) is 10.0. The van der Waals surface area contributed by atoms with Crippen molar-refractivity contribution in [1.29, 1.82) is 0 Å². The zero-order chi connectivity index (χ0) is 46.6. The van der Waals surface area contributed by atoms with E-state index in [0.717, 1.165) is 114 Å². The molecule has 0 bridgehead atoms. The maximum Gasteiger partial charge on any atom is 0.315 e. The molecule has 10 rings (SSSR count). The van der Waals surface area contributed by atoms with Crippen LogP contribution in [0.1, 0.15) is 119 Å². The number of aromatic nitrogens is 5. The lowest BCUT2D eigenvalue weighted by Crippen LogP contribution is -2.54. The number of hydrogen-bond acceptors (Lipinski definition) is 12. The standard InChI is InChI=1S/C51H54N10O6/c1-29-22-34(11-12-35(29)25-52-46(64)47-57-50(58-67-47)51(2,3)4)43-39-24-40(55-44(39)54-28-53-43)33-9-7-31(8-10-33)32-17-20-59(21-18-32)19-5-6-30-26-60(27-30)36-13-14-37-38(23-36)49(66)61(48(37)65)41-15-16-42(62)56-45(41)63/h7-14,22-24,28,30,32,41H,5-6,15-21,25-27H2,1-4H3,(H,52,64)(H,53,54,55)(H,56,62,63). The number of imide groups is 2. The second kappa shape index (κ2) is 17.6. The third kappa shape index (κ3) is 8.73. The molecule has 1 unspecified atom stereocenters. The number of anilines is 1. The van der Waals surface area contributed by atoms with Crippen LogP contribution >= 0.6 is 0 Å². The fraction of sp³-hybridized carbons (Fsp3) is 0.392. The molecule has 5 amide bonds. The molecule has 0 radical (unpaired) electrons. The molecule has 3 aromatic heterocycles. The Balaban J connectivity index is 0.682. The largest absolute Gasteiger partial charge is 0.371 e. The Labute approximate surface area is 387 Å². The molecule has 6 aromatic rings. The molecule has 67 heavy (non-hydrogen) atoms. The third-order valence-electron chi connectivity index (χ3n) is 13.9. The van der Waals surface area contributed by atoms with E-state index < -0.39 is 29.7 Å². The Morgan fingerprint density at radius 2 is 1.64 bits per heavy atom. The number of benzene rings is 3. The van der Waals surface area contributed by atoms with E-state index in [0.29, 0.717) is 35.3 Å². The number of hydrogen-bond donors (Lipinski definition) is 3. The molecule has 16 nitrogen and oxygen atoms in total. The number of nitrogens with one attached hydrogen (secondary N) is 3. The Kier molecular flexibility index (Phi) is 11.5. The molecular weight excluding hydrogens is 849 g/mol. The second-order valence-corrected chi connectivity index (χ2v) is 19.5. The lowest BCUT2D eigenvalue weighted by Gasteiger charge is -2.42. The minimum Gasteiger partial charge on any atom is -0.371 e. The molecule has 0 saturated carbocycles. The molecule has 3 saturated heterocycles. The van der Waals surface area contributed by atoms with Gasteiger partial charge in [-0.3, -0.25) is 34.2 Å². The zero-order valence-electron chi connectivity index (χ0n) is 38.2. The molecule has 344 valence electrons. The minimum atomic E-state index is -0.961. The van der Waals surface area contributed by atoms with Crippen LogP contribution in [0.15, 0.2) is 77.6 Å². The Morgan fingerprint density at radius 1 is 0.881 bits per heavy atom. The molecule has 3 aromatic carbocycles. The van der Waals surface area contributed by atoms with Crippen molar-refractivity contribution in [2.45, 2.75) is 90.1 Å². The summed E-state index contributed by atoms with van der Waals surface area (Å²) in [6.07, 6.45) is 6.37. The monoisotopic (exact) mass is 902 g/mol. The molecule has 0 spiro atoms. The van der Waals surface area contributed by atoms with Gasteiger partial charge in [-0.1, -0.05) is 62.3 Å². The minimum absolute atomic E-state index is 0.0490. The van der Waals surface area contributed by atoms with E-state index in [9.17, 15) is 24.0 Å². The van der Waals surface area contributed by atoms with E-state index in [-0.39, 0.29) is 30.1 Å². The number of carbonyl (C=O) groups is 5. The Hall–Kier alpha value is -7.07. The normalized spacial score (nSPS) is 18.4. The van der Waals surface area contributed by atoms with Crippen LogP contribution in [0.5, 0.6) is 0 Å². The van der Waals surface area contributed by atoms with Crippen molar-refractivity contribution < 1.29 is 28.5 Å². The molecule has 4 aliphatic heterocycles. The van der Waals surface area contributed by atoms with Gasteiger partial charge in [0.15, 0.2) is 5.82 Å². The first-order valence-corrected chi connectivity index (χ1v) is 23.3. The van der Waals surface area contributed by atoms with E-state index in [1.807, 2.05) is 45.9 Å². The van der Waals surface area contributed by atoms with Gasteiger partial charge in [0.25, 0.3) is 11.8 Å². The van der Waals surface area contributed by atoms with Crippen LogP contribution in [-0.2, 0) is 21.5 Å². The lowest BCUT2D eigenvalue weighted by atomic mass is 9.88. The highest BCUT2D eigenvalue weighted by Gasteiger charge is 2.45. The maximum absolute atomic E-state index is 13.3. The van der Waals surface area contributed by atoms with Gasteiger partial charge < -0.3 is 24.6 Å². The lowest BCUT2D eigenvalue weighted by molar-refractivity contribution is -0.136. The summed E-state index contributed by atoms with van der Waals surface area (Å²) in [5.74, 6) is -0.807. The topological polar surface area (TPSA) is 200 Å². The number of aryl methyl sites for hydroxylation is 1. The van der Waals surface area contributed by atoms with E-state index in [1.54, 1.807) is 18.5 Å². The number of nitrogens with zero attached hydrogens (tertiary/aromatic N) is 7. The Morgan fingerprint density at radius 3 is 2.37 bits per heavy atom. The SMILES string of the molecule is Cc1cc(-c2ncnc3[nH]c(-c4ccc(C5CCN(CCCC6CN(c7ccc8c(c7)C(=O)N(C7CCC(=O)NC7=O)C8=O)C6)CC5)cc4)cc23)ccc1CNC(=O)c1nc(C(C)(C)C)no1. The van der Waals surface area contributed by atoms with Gasteiger partial charge in [-0.15, -0.1) is 0 Å². The van der Waals surface area contributed by atoms with Gasteiger partial charge in [0, 0.05) is 53.8 Å². The number of rotatable bonds is 12. The van der Waals surface area contributed by atoms with Crippen LogP contribution < -0.4 is 15.5 Å². The van der Waals surface area contributed by atoms with Crippen LogP contribution in [-0.4, -0.2) is 103 Å². The highest BCUT2D eigenvalue weighted by atomic mass is 16.5. The molecule has 4 aliphatic rings. The molecule has 3 fully saturated rings. The van der Waals surface area contributed by atoms with Crippen molar-refractivity contribution in [1.82, 2.24) is 45.5 Å². The van der Waals surface area contributed by atoms with Crippen LogP contribution in [0, 0.1) is 12.8 Å². The van der Waals surface area contributed by atoms with E-state index in [2.05, 4.69) is 81.9 Å². The van der Waals surface area contributed by atoms with Crippen molar-refractivity contribution in [2.75, 3.05) is 37.6 Å². The van der Waals surface area contributed by atoms with Gasteiger partial charge in [0.2, 0.25) is 11.8 Å². The fourth-order valence-corrected chi connectivity index (χ4v) is 9.89. The number of fused-ring (bicyclic) bond motifs is 2. The van der Waals surface area contributed by atoms with Crippen molar-refractivity contribution >= 4 is 46.3 Å². The first-order chi connectivity index (χ1) is 32.3. The molecule has 1 atom stereocenters. The van der Waals surface area contributed by atoms with Gasteiger partial charge in [-0.05, 0) is 123 Å². The second-order valence-electron chi connectivity index (χ2n) is 19.5. The number of likely N-dealkylation sites (tertiary alicyclic amines) is 1. The summed E-state index contributed by atoms with van der Waals surface area (Å²) in [6, 6.07) is 21.6. The zero-order valence-corrected chi connectivity index (χ0v) is 38.2. The molecule has 0 aliphatic carbocycles. The van der Waals surface area contributed by atoms with Gasteiger partial charge >= 0.3 is 11.8 Å². The molecule has 7 heterocycles. The predicted octanol–water partition coefficient (Wildman–Crippen LogP) is 6.71. The summed E-state index contributed by atoms with van der Waals surface area (Å²) < 4.78 is 5.20. The highest BCUT2D eigenvalue weighted by Crippen LogP contribution is 2.36. The van der Waals surface area contributed by atoms with Crippen molar-refractivity contribution in [3.8, 4) is 22.5 Å². The van der Waals surface area contributed by atoms with Crippen LogP contribution in [0.3, 0.4) is 0 Å². The summed E-state index contributed by atoms with van der Waals surface area (Å²) in [4.78, 5) is 86.1. The molecule has 3 N–H and O–H groups in total.